The first-order chi connectivity index (χ1) is 10.5. The lowest BCUT2D eigenvalue weighted by atomic mass is 9.99. The van der Waals surface area contributed by atoms with Gasteiger partial charge in [0.1, 0.15) is 0 Å². The van der Waals surface area contributed by atoms with Gasteiger partial charge in [0.2, 0.25) is 0 Å². The van der Waals surface area contributed by atoms with E-state index in [-0.39, 0.29) is 18.3 Å². The van der Waals surface area contributed by atoms with Gasteiger partial charge in [-0.2, -0.15) is 0 Å². The molecule has 23 heavy (non-hydrogen) atoms. The standard InChI is InChI=1S/C17H32O5Si/c1-9-12-13(15(18)20-10-2)14(16(19)21-11-3)22-23(7,8)17(4,5)6/h9,13-14H,1,10-12H2,2-8H3/t13-,14-/m1/s1. The zero-order valence-corrected chi connectivity index (χ0v) is 16.6. The molecule has 0 rings (SSSR count). The van der Waals surface area contributed by atoms with Crippen LogP contribution in [0.15, 0.2) is 12.7 Å². The van der Waals surface area contributed by atoms with E-state index in [4.69, 9.17) is 13.9 Å². The number of carbonyl (C=O) groups excluding carboxylic acids is 2. The summed E-state index contributed by atoms with van der Waals surface area (Å²) in [5.74, 6) is -1.71. The molecule has 2 atom stereocenters. The number of esters is 2. The molecule has 0 aromatic heterocycles. The summed E-state index contributed by atoms with van der Waals surface area (Å²) in [5.41, 5.74) is 0. The van der Waals surface area contributed by atoms with Crippen LogP contribution in [0.25, 0.3) is 0 Å². The van der Waals surface area contributed by atoms with Crippen molar-refractivity contribution in [3.05, 3.63) is 12.7 Å². The molecule has 0 aromatic rings. The number of rotatable bonds is 9. The minimum atomic E-state index is -2.26. The average Bonchev–Trinajstić information content (AvgIpc) is 2.41. The molecule has 0 N–H and O–H groups in total. The van der Waals surface area contributed by atoms with Gasteiger partial charge in [0.15, 0.2) is 14.4 Å². The van der Waals surface area contributed by atoms with Gasteiger partial charge in [-0.1, -0.05) is 26.8 Å². The minimum absolute atomic E-state index is 0.0921. The molecule has 0 aliphatic rings. The molecule has 0 aliphatic heterocycles. The molecule has 0 bridgehead atoms. The van der Waals surface area contributed by atoms with Gasteiger partial charge in [0, 0.05) is 0 Å². The number of allylic oxidation sites excluding steroid dienone is 1. The lowest BCUT2D eigenvalue weighted by Gasteiger charge is -2.39. The molecule has 5 nitrogen and oxygen atoms in total. The molecule has 0 amide bonds. The highest BCUT2D eigenvalue weighted by Crippen LogP contribution is 2.38. The van der Waals surface area contributed by atoms with Crippen LogP contribution in [-0.4, -0.2) is 39.6 Å². The van der Waals surface area contributed by atoms with Gasteiger partial charge in [-0.25, -0.2) is 4.79 Å². The largest absolute Gasteiger partial charge is 0.466 e. The van der Waals surface area contributed by atoms with Crippen LogP contribution < -0.4 is 0 Å². The second-order valence-electron chi connectivity index (χ2n) is 6.93. The van der Waals surface area contributed by atoms with Gasteiger partial charge in [-0.15, -0.1) is 6.58 Å². The summed E-state index contributed by atoms with van der Waals surface area (Å²) in [7, 11) is -2.26. The van der Waals surface area contributed by atoms with Crippen LogP contribution in [0.2, 0.25) is 18.1 Å². The van der Waals surface area contributed by atoms with Crippen LogP contribution in [0.5, 0.6) is 0 Å². The SMILES string of the molecule is C=CC[C@@H](C(=O)OCC)[C@@H](O[Si](C)(C)C(C)(C)C)C(=O)OCC. The fourth-order valence-electron chi connectivity index (χ4n) is 1.79. The Hall–Kier alpha value is -1.14. The van der Waals surface area contributed by atoms with Crippen molar-refractivity contribution in [3.63, 3.8) is 0 Å². The molecule has 0 spiro atoms. The third-order valence-electron chi connectivity index (χ3n) is 4.12. The van der Waals surface area contributed by atoms with Crippen molar-refractivity contribution in [2.75, 3.05) is 13.2 Å². The number of hydrogen-bond donors (Lipinski definition) is 0. The molecule has 0 aliphatic carbocycles. The molecule has 0 aromatic carbocycles. The average molecular weight is 345 g/mol. The molecule has 0 saturated heterocycles. The number of carbonyl (C=O) groups is 2. The summed E-state index contributed by atoms with van der Waals surface area (Å²) in [6.45, 7) is 17.9. The maximum absolute atomic E-state index is 12.4. The zero-order valence-electron chi connectivity index (χ0n) is 15.6. The van der Waals surface area contributed by atoms with Crippen LogP contribution in [0.4, 0.5) is 0 Å². The van der Waals surface area contributed by atoms with Gasteiger partial charge >= 0.3 is 11.9 Å². The number of ether oxygens (including phenoxy) is 2. The van der Waals surface area contributed by atoms with Gasteiger partial charge in [0.25, 0.3) is 0 Å². The highest BCUT2D eigenvalue weighted by molar-refractivity contribution is 6.74. The fourth-order valence-corrected chi connectivity index (χ4v) is 3.03. The van der Waals surface area contributed by atoms with E-state index < -0.39 is 32.3 Å². The Kier molecular flexibility index (Phi) is 8.77. The van der Waals surface area contributed by atoms with Crippen molar-refractivity contribution in [1.29, 1.82) is 0 Å². The molecule has 0 fully saturated rings. The molecule has 134 valence electrons. The highest BCUT2D eigenvalue weighted by atomic mass is 28.4. The van der Waals surface area contributed by atoms with E-state index >= 15 is 0 Å². The molecule has 0 heterocycles. The maximum atomic E-state index is 12.4. The van der Waals surface area contributed by atoms with E-state index in [1.54, 1.807) is 19.9 Å². The quantitative estimate of drug-likeness (QED) is 0.362. The predicted octanol–water partition coefficient (Wildman–Crippen LogP) is 3.70. The smallest absolute Gasteiger partial charge is 0.334 e. The summed E-state index contributed by atoms with van der Waals surface area (Å²) >= 11 is 0. The van der Waals surface area contributed by atoms with E-state index in [9.17, 15) is 9.59 Å². The summed E-state index contributed by atoms with van der Waals surface area (Å²) < 4.78 is 16.5. The van der Waals surface area contributed by atoms with Crippen LogP contribution in [0, 0.1) is 5.92 Å². The van der Waals surface area contributed by atoms with Crippen LogP contribution in [0.1, 0.15) is 41.0 Å². The Morgan fingerprint density at radius 1 is 1.09 bits per heavy atom. The fraction of sp³-hybridized carbons (Fsp3) is 0.765. The van der Waals surface area contributed by atoms with Crippen molar-refractivity contribution in [2.24, 2.45) is 5.92 Å². The lowest BCUT2D eigenvalue weighted by Crippen LogP contribution is -2.50. The first-order valence-electron chi connectivity index (χ1n) is 8.13. The Balaban J connectivity index is 5.60. The molecule has 6 heteroatoms. The number of hydrogen-bond acceptors (Lipinski definition) is 5. The monoisotopic (exact) mass is 344 g/mol. The Labute approximate surface area is 141 Å². The Bertz CT molecular complexity index is 412. The van der Waals surface area contributed by atoms with E-state index in [0.29, 0.717) is 6.42 Å². The van der Waals surface area contributed by atoms with Gasteiger partial charge in [-0.3, -0.25) is 4.79 Å². The van der Waals surface area contributed by atoms with Crippen LogP contribution >= 0.6 is 0 Å². The van der Waals surface area contributed by atoms with Crippen molar-refractivity contribution < 1.29 is 23.5 Å². The summed E-state index contributed by atoms with van der Waals surface area (Å²) in [4.78, 5) is 24.7. The molecular formula is C17H32O5Si. The highest BCUT2D eigenvalue weighted by Gasteiger charge is 2.45. The first kappa shape index (κ1) is 21.9. The van der Waals surface area contributed by atoms with Gasteiger partial charge in [0.05, 0.1) is 19.1 Å². The third kappa shape index (κ3) is 6.47. The van der Waals surface area contributed by atoms with E-state index in [0.717, 1.165) is 0 Å². The summed E-state index contributed by atoms with van der Waals surface area (Å²) in [6.07, 6.45) is 0.938. The first-order valence-corrected chi connectivity index (χ1v) is 11.0. The van der Waals surface area contributed by atoms with Crippen molar-refractivity contribution in [3.8, 4) is 0 Å². The maximum Gasteiger partial charge on any atom is 0.334 e. The second kappa shape index (κ2) is 9.23. The lowest BCUT2D eigenvalue weighted by molar-refractivity contribution is -0.164. The topological polar surface area (TPSA) is 61.8 Å². The predicted molar refractivity (Wildman–Crippen MR) is 93.6 cm³/mol. The second-order valence-corrected chi connectivity index (χ2v) is 11.7. The minimum Gasteiger partial charge on any atom is -0.466 e. The molecular weight excluding hydrogens is 312 g/mol. The molecule has 0 radical (unpaired) electrons. The third-order valence-corrected chi connectivity index (χ3v) is 8.58. The zero-order chi connectivity index (χ0) is 18.3. The van der Waals surface area contributed by atoms with Crippen molar-refractivity contribution >= 4 is 20.3 Å². The molecule has 0 unspecified atom stereocenters. The summed E-state index contributed by atoms with van der Waals surface area (Å²) in [6, 6.07) is 0. The molecule has 0 saturated carbocycles. The van der Waals surface area contributed by atoms with Crippen LogP contribution in [-0.2, 0) is 23.5 Å². The Morgan fingerprint density at radius 2 is 1.57 bits per heavy atom. The van der Waals surface area contributed by atoms with E-state index in [1.165, 1.54) is 0 Å². The van der Waals surface area contributed by atoms with Gasteiger partial charge in [-0.05, 0) is 38.4 Å². The van der Waals surface area contributed by atoms with Crippen molar-refractivity contribution in [2.45, 2.75) is 65.3 Å². The van der Waals surface area contributed by atoms with Crippen molar-refractivity contribution in [1.82, 2.24) is 0 Å². The van der Waals surface area contributed by atoms with E-state index in [2.05, 4.69) is 27.4 Å². The normalized spacial score (nSPS) is 14.7. The van der Waals surface area contributed by atoms with E-state index in [1.807, 2.05) is 13.1 Å². The van der Waals surface area contributed by atoms with Crippen LogP contribution in [0.3, 0.4) is 0 Å². The summed E-state index contributed by atoms with van der Waals surface area (Å²) in [5, 5.41) is -0.0921. The van der Waals surface area contributed by atoms with Gasteiger partial charge < -0.3 is 13.9 Å². The Morgan fingerprint density at radius 3 is 1.96 bits per heavy atom.